The molecule has 0 aliphatic heterocycles. The Kier molecular flexibility index (Phi) is 4.70. The van der Waals surface area contributed by atoms with Crippen LogP contribution in [0.2, 0.25) is 5.02 Å². The van der Waals surface area contributed by atoms with Crippen molar-refractivity contribution in [3.8, 4) is 0 Å². The molecule has 112 valence electrons. The summed E-state index contributed by atoms with van der Waals surface area (Å²) in [6, 6.07) is 6.74. The van der Waals surface area contributed by atoms with Crippen LogP contribution >= 0.6 is 11.6 Å². The Morgan fingerprint density at radius 2 is 1.57 bits per heavy atom. The summed E-state index contributed by atoms with van der Waals surface area (Å²) < 4.78 is 13.3. The molecule has 21 heavy (non-hydrogen) atoms. The zero-order valence-electron chi connectivity index (χ0n) is 13.1. The fourth-order valence-corrected chi connectivity index (χ4v) is 3.15. The van der Waals surface area contributed by atoms with Crippen LogP contribution in [0.1, 0.15) is 39.4 Å². The Labute approximate surface area is 131 Å². The van der Waals surface area contributed by atoms with Crippen LogP contribution in [-0.2, 0) is 0 Å². The molecule has 0 saturated carbocycles. The van der Waals surface area contributed by atoms with Gasteiger partial charge in [0.15, 0.2) is 0 Å². The lowest BCUT2D eigenvalue weighted by Crippen LogP contribution is -2.21. The molecule has 0 amide bonds. The minimum atomic E-state index is -0.313. The van der Waals surface area contributed by atoms with Crippen molar-refractivity contribution in [1.82, 2.24) is 5.32 Å². The summed E-state index contributed by atoms with van der Waals surface area (Å²) in [7, 11) is 1.90. The molecule has 0 spiro atoms. The first kappa shape index (κ1) is 16.0. The summed E-state index contributed by atoms with van der Waals surface area (Å²) in [5.74, 6) is -0.313. The van der Waals surface area contributed by atoms with Crippen LogP contribution in [0, 0.1) is 33.5 Å². The van der Waals surface area contributed by atoms with Crippen LogP contribution in [0.15, 0.2) is 24.3 Å². The highest BCUT2D eigenvalue weighted by Crippen LogP contribution is 2.34. The number of aryl methyl sites for hydroxylation is 2. The Hall–Kier alpha value is -1.38. The van der Waals surface area contributed by atoms with Crippen molar-refractivity contribution in [1.29, 1.82) is 0 Å². The lowest BCUT2D eigenvalue weighted by atomic mass is 9.87. The van der Waals surface area contributed by atoms with Gasteiger partial charge in [0.1, 0.15) is 5.82 Å². The van der Waals surface area contributed by atoms with E-state index in [1.807, 2.05) is 7.05 Å². The SMILES string of the molecule is CNC(c1ccc(F)cc1Cl)c1c(C)c(C)cc(C)c1C. The molecular formula is C18H21ClFN. The van der Waals surface area contributed by atoms with Crippen molar-refractivity contribution in [2.45, 2.75) is 33.7 Å². The molecule has 3 heteroatoms. The molecule has 0 aromatic heterocycles. The molecule has 1 nitrogen and oxygen atoms in total. The molecular weight excluding hydrogens is 285 g/mol. The number of nitrogens with one attached hydrogen (secondary N) is 1. The van der Waals surface area contributed by atoms with Gasteiger partial charge in [0.2, 0.25) is 0 Å². The third-order valence-electron chi connectivity index (χ3n) is 4.27. The van der Waals surface area contributed by atoms with Gasteiger partial charge < -0.3 is 5.32 Å². The maximum atomic E-state index is 13.3. The van der Waals surface area contributed by atoms with Crippen LogP contribution in [0.5, 0.6) is 0 Å². The van der Waals surface area contributed by atoms with Gasteiger partial charge in [-0.15, -0.1) is 0 Å². The van der Waals surface area contributed by atoms with E-state index >= 15 is 0 Å². The fourth-order valence-electron chi connectivity index (χ4n) is 2.87. The number of halogens is 2. The third kappa shape index (κ3) is 2.97. The van der Waals surface area contributed by atoms with Gasteiger partial charge in [0.25, 0.3) is 0 Å². The second-order valence-corrected chi connectivity index (χ2v) is 5.97. The molecule has 2 aromatic rings. The summed E-state index contributed by atoms with van der Waals surface area (Å²) >= 11 is 6.26. The van der Waals surface area contributed by atoms with E-state index in [0.29, 0.717) is 5.02 Å². The minimum absolute atomic E-state index is 0.0447. The van der Waals surface area contributed by atoms with E-state index in [1.54, 1.807) is 6.07 Å². The monoisotopic (exact) mass is 305 g/mol. The van der Waals surface area contributed by atoms with Crippen LogP contribution in [0.3, 0.4) is 0 Å². The average molecular weight is 306 g/mol. The van der Waals surface area contributed by atoms with Gasteiger partial charge in [-0.3, -0.25) is 0 Å². The van der Waals surface area contributed by atoms with Crippen LogP contribution in [0.4, 0.5) is 4.39 Å². The van der Waals surface area contributed by atoms with E-state index in [4.69, 9.17) is 11.6 Å². The molecule has 1 atom stereocenters. The maximum absolute atomic E-state index is 13.3. The van der Waals surface area contributed by atoms with Crippen molar-refractivity contribution >= 4 is 11.6 Å². The molecule has 1 unspecified atom stereocenters. The van der Waals surface area contributed by atoms with Gasteiger partial charge >= 0.3 is 0 Å². The lowest BCUT2D eigenvalue weighted by molar-refractivity contribution is 0.623. The van der Waals surface area contributed by atoms with Crippen LogP contribution < -0.4 is 5.32 Å². The van der Waals surface area contributed by atoms with Crippen molar-refractivity contribution in [2.24, 2.45) is 0 Å². The van der Waals surface area contributed by atoms with Gasteiger partial charge in [-0.1, -0.05) is 23.7 Å². The fraction of sp³-hybridized carbons (Fsp3) is 0.333. The molecule has 0 radical (unpaired) electrons. The standard InChI is InChI=1S/C18H21ClFN/c1-10-8-11(2)13(4)17(12(10)3)18(21-5)15-7-6-14(20)9-16(15)19/h6-9,18,21H,1-5H3. The van der Waals surface area contributed by atoms with E-state index in [2.05, 4.69) is 39.1 Å². The molecule has 2 aromatic carbocycles. The van der Waals surface area contributed by atoms with E-state index in [1.165, 1.54) is 39.9 Å². The Morgan fingerprint density at radius 3 is 2.05 bits per heavy atom. The molecule has 0 bridgehead atoms. The smallest absolute Gasteiger partial charge is 0.124 e. The number of rotatable bonds is 3. The Bertz CT molecular complexity index is 653. The number of hydrogen-bond acceptors (Lipinski definition) is 1. The summed E-state index contributed by atoms with van der Waals surface area (Å²) in [6.07, 6.45) is 0. The highest BCUT2D eigenvalue weighted by molar-refractivity contribution is 6.31. The van der Waals surface area contributed by atoms with Crippen molar-refractivity contribution in [3.05, 3.63) is 68.5 Å². The molecule has 0 fully saturated rings. The molecule has 0 heterocycles. The van der Waals surface area contributed by atoms with E-state index in [-0.39, 0.29) is 11.9 Å². The topological polar surface area (TPSA) is 12.0 Å². The normalized spacial score (nSPS) is 12.5. The van der Waals surface area contributed by atoms with Crippen molar-refractivity contribution in [2.75, 3.05) is 7.05 Å². The predicted molar refractivity (Wildman–Crippen MR) is 87.7 cm³/mol. The van der Waals surface area contributed by atoms with Gasteiger partial charge in [-0.2, -0.15) is 0 Å². The van der Waals surface area contributed by atoms with Gasteiger partial charge in [-0.25, -0.2) is 4.39 Å². The lowest BCUT2D eigenvalue weighted by Gasteiger charge is -2.25. The summed E-state index contributed by atoms with van der Waals surface area (Å²) in [4.78, 5) is 0. The van der Waals surface area contributed by atoms with Gasteiger partial charge in [-0.05, 0) is 80.3 Å². The second kappa shape index (κ2) is 6.17. The first-order chi connectivity index (χ1) is 9.86. The summed E-state index contributed by atoms with van der Waals surface area (Å²) in [5, 5.41) is 3.78. The quantitative estimate of drug-likeness (QED) is 0.839. The Morgan fingerprint density at radius 1 is 1.00 bits per heavy atom. The zero-order valence-corrected chi connectivity index (χ0v) is 13.9. The highest BCUT2D eigenvalue weighted by Gasteiger charge is 2.21. The first-order valence-corrected chi connectivity index (χ1v) is 7.44. The van der Waals surface area contributed by atoms with E-state index < -0.39 is 0 Å². The second-order valence-electron chi connectivity index (χ2n) is 5.56. The molecule has 2 rings (SSSR count). The van der Waals surface area contributed by atoms with E-state index in [0.717, 1.165) is 5.56 Å². The van der Waals surface area contributed by atoms with Gasteiger partial charge in [0, 0.05) is 5.02 Å². The van der Waals surface area contributed by atoms with E-state index in [9.17, 15) is 4.39 Å². The zero-order chi connectivity index (χ0) is 15.7. The minimum Gasteiger partial charge on any atom is -0.309 e. The maximum Gasteiger partial charge on any atom is 0.124 e. The third-order valence-corrected chi connectivity index (χ3v) is 4.60. The molecule has 1 N–H and O–H groups in total. The molecule has 0 aliphatic rings. The van der Waals surface area contributed by atoms with Crippen LogP contribution in [0.25, 0.3) is 0 Å². The summed E-state index contributed by atoms with van der Waals surface area (Å²) in [6.45, 7) is 8.48. The molecule has 0 saturated heterocycles. The molecule has 0 aliphatic carbocycles. The first-order valence-electron chi connectivity index (χ1n) is 7.06. The summed E-state index contributed by atoms with van der Waals surface area (Å²) in [5.41, 5.74) is 7.13. The predicted octanol–water partition coefficient (Wildman–Crippen LogP) is 5.02. The van der Waals surface area contributed by atoms with Crippen LogP contribution in [-0.4, -0.2) is 7.05 Å². The Balaban J connectivity index is 2.67. The number of benzene rings is 2. The van der Waals surface area contributed by atoms with Gasteiger partial charge in [0.05, 0.1) is 6.04 Å². The average Bonchev–Trinajstić information content (AvgIpc) is 2.42. The van der Waals surface area contributed by atoms with Crippen molar-refractivity contribution in [3.63, 3.8) is 0 Å². The van der Waals surface area contributed by atoms with Crippen molar-refractivity contribution < 1.29 is 4.39 Å². The largest absolute Gasteiger partial charge is 0.309 e. The number of hydrogen-bond donors (Lipinski definition) is 1. The highest BCUT2D eigenvalue weighted by atomic mass is 35.5.